The predicted octanol–water partition coefficient (Wildman–Crippen LogP) is 5.55. The lowest BCUT2D eigenvalue weighted by molar-refractivity contribution is 0.110. The van der Waals surface area contributed by atoms with Gasteiger partial charge in [-0.3, -0.25) is 4.79 Å². The Bertz CT molecular complexity index is 986. The van der Waals surface area contributed by atoms with Gasteiger partial charge in [0.05, 0.1) is 5.69 Å². The molecular weight excluding hydrogens is 318 g/mol. The van der Waals surface area contributed by atoms with Crippen LogP contribution in [0.1, 0.15) is 10.6 Å². The van der Waals surface area contributed by atoms with Gasteiger partial charge in [0.2, 0.25) is 0 Å². The molecule has 116 valence electrons. The van der Waals surface area contributed by atoms with E-state index < -0.39 is 0 Å². The normalized spacial score (nSPS) is 10.7. The summed E-state index contributed by atoms with van der Waals surface area (Å²) in [6.45, 7) is 0. The molecule has 3 nitrogen and oxygen atoms in total. The number of hydrogen-bond donors (Lipinski definition) is 0. The summed E-state index contributed by atoms with van der Waals surface area (Å²) in [7, 11) is 0. The standard InChI is InChI=1S/C20H13NO2S/c22-12-17-9-10-19(23-17)15-7-4-8-16(11-15)20-21-18(13-24-20)14-5-2-1-3-6-14/h1-13H. The average Bonchev–Trinajstić information content (AvgIpc) is 3.32. The molecule has 4 aromatic rings. The molecule has 0 aliphatic rings. The highest BCUT2D eigenvalue weighted by Gasteiger charge is 2.09. The van der Waals surface area contributed by atoms with Crippen LogP contribution < -0.4 is 0 Å². The number of carbonyl (C=O) groups excluding carboxylic acids is 1. The first-order valence-corrected chi connectivity index (χ1v) is 8.38. The van der Waals surface area contributed by atoms with Gasteiger partial charge in [-0.05, 0) is 18.2 Å². The fourth-order valence-electron chi connectivity index (χ4n) is 2.52. The van der Waals surface area contributed by atoms with E-state index in [1.807, 2.05) is 42.5 Å². The molecule has 2 aromatic heterocycles. The molecular formula is C20H13NO2S. The molecule has 0 spiro atoms. The van der Waals surface area contributed by atoms with Crippen LogP contribution in [0, 0.1) is 0 Å². The zero-order valence-electron chi connectivity index (χ0n) is 12.7. The summed E-state index contributed by atoms with van der Waals surface area (Å²) in [5.74, 6) is 1.01. The third-order valence-electron chi connectivity index (χ3n) is 3.71. The van der Waals surface area contributed by atoms with Crippen LogP contribution in [0.15, 0.2) is 76.5 Å². The number of furan rings is 1. The Hall–Kier alpha value is -2.98. The molecule has 0 saturated heterocycles. The SMILES string of the molecule is O=Cc1ccc(-c2cccc(-c3nc(-c4ccccc4)cs3)c2)o1. The first kappa shape index (κ1) is 14.6. The maximum atomic E-state index is 10.8. The number of benzene rings is 2. The third-order valence-corrected chi connectivity index (χ3v) is 4.60. The zero-order valence-corrected chi connectivity index (χ0v) is 13.5. The molecule has 0 atom stereocenters. The van der Waals surface area contributed by atoms with E-state index in [1.165, 1.54) is 0 Å². The zero-order chi connectivity index (χ0) is 16.4. The molecule has 0 N–H and O–H groups in total. The van der Waals surface area contributed by atoms with Gasteiger partial charge in [-0.2, -0.15) is 0 Å². The number of thiazole rings is 1. The van der Waals surface area contributed by atoms with Gasteiger partial charge in [0.25, 0.3) is 0 Å². The van der Waals surface area contributed by atoms with Crippen molar-refractivity contribution in [1.29, 1.82) is 0 Å². The van der Waals surface area contributed by atoms with E-state index in [0.717, 1.165) is 27.4 Å². The van der Waals surface area contributed by atoms with Crippen molar-refractivity contribution in [3.8, 4) is 33.2 Å². The van der Waals surface area contributed by atoms with Crippen molar-refractivity contribution in [3.63, 3.8) is 0 Å². The Morgan fingerprint density at radius 1 is 0.875 bits per heavy atom. The van der Waals surface area contributed by atoms with Crippen molar-refractivity contribution < 1.29 is 9.21 Å². The van der Waals surface area contributed by atoms with Gasteiger partial charge in [0, 0.05) is 22.1 Å². The van der Waals surface area contributed by atoms with E-state index in [0.29, 0.717) is 17.8 Å². The number of aromatic nitrogens is 1. The van der Waals surface area contributed by atoms with E-state index in [1.54, 1.807) is 23.5 Å². The minimum Gasteiger partial charge on any atom is -0.453 e. The molecule has 0 aliphatic carbocycles. The molecule has 0 saturated carbocycles. The van der Waals surface area contributed by atoms with Gasteiger partial charge in [0.1, 0.15) is 10.8 Å². The maximum absolute atomic E-state index is 10.8. The lowest BCUT2D eigenvalue weighted by atomic mass is 10.1. The van der Waals surface area contributed by atoms with E-state index >= 15 is 0 Å². The van der Waals surface area contributed by atoms with Gasteiger partial charge in [0.15, 0.2) is 12.0 Å². The van der Waals surface area contributed by atoms with Crippen LogP contribution in [0.3, 0.4) is 0 Å². The molecule has 24 heavy (non-hydrogen) atoms. The van der Waals surface area contributed by atoms with Crippen molar-refractivity contribution in [2.75, 3.05) is 0 Å². The highest BCUT2D eigenvalue weighted by molar-refractivity contribution is 7.13. The predicted molar refractivity (Wildman–Crippen MR) is 96.1 cm³/mol. The number of hydrogen-bond acceptors (Lipinski definition) is 4. The molecule has 0 amide bonds. The topological polar surface area (TPSA) is 43.1 Å². The maximum Gasteiger partial charge on any atom is 0.185 e. The van der Waals surface area contributed by atoms with Gasteiger partial charge >= 0.3 is 0 Å². The van der Waals surface area contributed by atoms with Crippen LogP contribution in [0.5, 0.6) is 0 Å². The van der Waals surface area contributed by atoms with E-state index in [9.17, 15) is 4.79 Å². The summed E-state index contributed by atoms with van der Waals surface area (Å²) >= 11 is 1.61. The van der Waals surface area contributed by atoms with Crippen molar-refractivity contribution in [1.82, 2.24) is 4.98 Å². The quantitative estimate of drug-likeness (QED) is 0.460. The molecule has 2 heterocycles. The van der Waals surface area contributed by atoms with Crippen LogP contribution in [0.25, 0.3) is 33.2 Å². The molecule has 0 aliphatic heterocycles. The minimum atomic E-state index is 0.330. The van der Waals surface area contributed by atoms with Crippen LogP contribution >= 0.6 is 11.3 Å². The summed E-state index contributed by atoms with van der Waals surface area (Å²) in [4.78, 5) is 15.5. The Balaban J connectivity index is 1.69. The number of carbonyl (C=O) groups is 1. The highest BCUT2D eigenvalue weighted by Crippen LogP contribution is 2.31. The molecule has 0 unspecified atom stereocenters. The molecule has 2 aromatic carbocycles. The van der Waals surface area contributed by atoms with Crippen molar-refractivity contribution in [2.45, 2.75) is 0 Å². The van der Waals surface area contributed by atoms with Crippen LogP contribution in [-0.4, -0.2) is 11.3 Å². The summed E-state index contributed by atoms with van der Waals surface area (Å²) in [5.41, 5.74) is 4.04. The summed E-state index contributed by atoms with van der Waals surface area (Å²) in [6, 6.07) is 21.6. The van der Waals surface area contributed by atoms with Gasteiger partial charge < -0.3 is 4.42 Å². The van der Waals surface area contributed by atoms with E-state index in [-0.39, 0.29) is 0 Å². The summed E-state index contributed by atoms with van der Waals surface area (Å²) < 4.78 is 5.50. The lowest BCUT2D eigenvalue weighted by Crippen LogP contribution is -1.81. The summed E-state index contributed by atoms with van der Waals surface area (Å²) in [6.07, 6.45) is 0.709. The highest BCUT2D eigenvalue weighted by atomic mass is 32.1. The van der Waals surface area contributed by atoms with Crippen LogP contribution in [0.4, 0.5) is 0 Å². The molecule has 0 radical (unpaired) electrons. The molecule has 0 bridgehead atoms. The molecule has 0 fully saturated rings. The first-order valence-electron chi connectivity index (χ1n) is 7.50. The Kier molecular flexibility index (Phi) is 3.81. The largest absolute Gasteiger partial charge is 0.453 e. The van der Waals surface area contributed by atoms with Gasteiger partial charge in [-0.15, -0.1) is 11.3 Å². The van der Waals surface area contributed by atoms with Crippen LogP contribution in [-0.2, 0) is 0 Å². The Morgan fingerprint density at radius 2 is 1.67 bits per heavy atom. The average molecular weight is 331 g/mol. The number of aldehydes is 1. The van der Waals surface area contributed by atoms with Gasteiger partial charge in [-0.25, -0.2) is 4.98 Å². The molecule has 4 heteroatoms. The van der Waals surface area contributed by atoms with Gasteiger partial charge in [-0.1, -0.05) is 48.5 Å². The number of rotatable bonds is 4. The first-order chi connectivity index (χ1) is 11.8. The van der Waals surface area contributed by atoms with Crippen molar-refractivity contribution >= 4 is 17.6 Å². The smallest absolute Gasteiger partial charge is 0.185 e. The third kappa shape index (κ3) is 2.79. The monoisotopic (exact) mass is 331 g/mol. The Labute approximate surface area is 143 Å². The fourth-order valence-corrected chi connectivity index (χ4v) is 3.35. The van der Waals surface area contributed by atoms with E-state index in [4.69, 9.17) is 9.40 Å². The van der Waals surface area contributed by atoms with Crippen molar-refractivity contribution in [2.24, 2.45) is 0 Å². The minimum absolute atomic E-state index is 0.330. The second-order valence-corrected chi connectivity index (χ2v) is 6.16. The fraction of sp³-hybridized carbons (Fsp3) is 0. The second-order valence-electron chi connectivity index (χ2n) is 5.30. The number of nitrogens with zero attached hydrogens (tertiary/aromatic N) is 1. The second kappa shape index (κ2) is 6.26. The van der Waals surface area contributed by atoms with Crippen LogP contribution in [0.2, 0.25) is 0 Å². The Morgan fingerprint density at radius 3 is 2.46 bits per heavy atom. The lowest BCUT2D eigenvalue weighted by Gasteiger charge is -2.01. The summed E-state index contributed by atoms with van der Waals surface area (Å²) in [5, 5.41) is 3.02. The molecule has 4 rings (SSSR count). The van der Waals surface area contributed by atoms with Crippen molar-refractivity contribution in [3.05, 3.63) is 77.9 Å². The van der Waals surface area contributed by atoms with E-state index in [2.05, 4.69) is 17.5 Å².